The van der Waals surface area contributed by atoms with Gasteiger partial charge in [0, 0.05) is 4.91 Å². The van der Waals surface area contributed by atoms with Gasteiger partial charge in [0.2, 0.25) is 5.91 Å². The summed E-state index contributed by atoms with van der Waals surface area (Å²) in [6.07, 6.45) is 0. The molecule has 19 heavy (non-hydrogen) atoms. The summed E-state index contributed by atoms with van der Waals surface area (Å²) in [6, 6.07) is 8.30. The second kappa shape index (κ2) is 4.42. The molecule has 2 aliphatic heterocycles. The Hall–Kier alpha value is -1.75. The zero-order chi connectivity index (χ0) is 13.6. The topological polar surface area (TPSA) is 67.5 Å². The van der Waals surface area contributed by atoms with Gasteiger partial charge in [0.25, 0.3) is 0 Å². The zero-order valence-electron chi connectivity index (χ0n) is 10.8. The number of hydrogen-bond acceptors (Lipinski definition) is 4. The number of aliphatic imine (C=N–C) groups is 1. The van der Waals surface area contributed by atoms with E-state index in [2.05, 4.69) is 35.4 Å². The van der Waals surface area contributed by atoms with E-state index in [1.165, 1.54) is 5.56 Å². The maximum Gasteiger partial charge on any atom is 0.236 e. The van der Waals surface area contributed by atoms with E-state index in [0.717, 1.165) is 16.0 Å². The number of nitrogens with two attached hydrogens (primary N) is 1. The van der Waals surface area contributed by atoms with Gasteiger partial charge in [-0.15, -0.1) is 0 Å². The molecule has 2 heterocycles. The molecule has 2 aliphatic rings. The molecule has 3 N–H and O–H groups in total. The molecule has 2 atom stereocenters. The molecule has 0 saturated heterocycles. The Labute approximate surface area is 116 Å². The van der Waals surface area contributed by atoms with Gasteiger partial charge < -0.3 is 5.73 Å². The summed E-state index contributed by atoms with van der Waals surface area (Å²) in [4.78, 5) is 17.5. The fourth-order valence-corrected chi connectivity index (χ4v) is 3.97. The van der Waals surface area contributed by atoms with Crippen molar-refractivity contribution < 1.29 is 4.79 Å². The Morgan fingerprint density at radius 3 is 2.89 bits per heavy atom. The zero-order valence-corrected chi connectivity index (χ0v) is 11.6. The first-order valence-corrected chi connectivity index (χ1v) is 7.03. The van der Waals surface area contributed by atoms with E-state index in [1.54, 1.807) is 11.8 Å². The quantitative estimate of drug-likeness (QED) is 0.820. The molecule has 1 aromatic carbocycles. The summed E-state index contributed by atoms with van der Waals surface area (Å²) in [7, 11) is 0. The normalized spacial score (nSPS) is 26.0. The van der Waals surface area contributed by atoms with Gasteiger partial charge in [-0.2, -0.15) is 0 Å². The lowest BCUT2D eigenvalue weighted by Gasteiger charge is -2.22. The van der Waals surface area contributed by atoms with Crippen molar-refractivity contribution >= 4 is 28.5 Å². The largest absolute Gasteiger partial charge is 0.370 e. The molecule has 0 spiro atoms. The van der Waals surface area contributed by atoms with E-state index in [-0.39, 0.29) is 23.2 Å². The molecular formula is C14H15N3OS. The minimum atomic E-state index is -0.201. The standard InChI is InChI=1S/C14H15N3OS/c1-7-4-3-5-9(6-7)11-8(2)10-12(18)16-14(15)17-13(10)19-11/h3-6,10,13H,1-2H3,(H3,15,16,17,18). The first-order chi connectivity index (χ1) is 9.06. The number of thioether (sulfide) groups is 1. The second-order valence-electron chi connectivity index (χ2n) is 4.87. The van der Waals surface area contributed by atoms with E-state index in [1.807, 2.05) is 13.0 Å². The predicted octanol–water partition coefficient (Wildman–Crippen LogP) is 1.86. The minimum absolute atomic E-state index is 0.0508. The van der Waals surface area contributed by atoms with E-state index in [4.69, 9.17) is 5.73 Å². The highest BCUT2D eigenvalue weighted by Crippen LogP contribution is 2.48. The van der Waals surface area contributed by atoms with Gasteiger partial charge in [0.1, 0.15) is 5.37 Å². The summed E-state index contributed by atoms with van der Waals surface area (Å²) < 4.78 is 0. The molecule has 5 heteroatoms. The molecule has 0 fully saturated rings. The van der Waals surface area contributed by atoms with Crippen LogP contribution in [-0.4, -0.2) is 17.2 Å². The Morgan fingerprint density at radius 2 is 2.16 bits per heavy atom. The molecule has 4 nitrogen and oxygen atoms in total. The molecule has 0 radical (unpaired) electrons. The number of benzene rings is 1. The number of carbonyl (C=O) groups is 1. The molecule has 3 rings (SSSR count). The van der Waals surface area contributed by atoms with Crippen molar-refractivity contribution in [1.82, 2.24) is 5.32 Å². The maximum atomic E-state index is 12.0. The first-order valence-electron chi connectivity index (χ1n) is 6.15. The van der Waals surface area contributed by atoms with Gasteiger partial charge in [-0.05, 0) is 25.0 Å². The van der Waals surface area contributed by atoms with Crippen LogP contribution in [0, 0.1) is 12.8 Å². The lowest BCUT2D eigenvalue weighted by Crippen LogP contribution is -2.47. The Kier molecular flexibility index (Phi) is 2.86. The molecule has 1 amide bonds. The van der Waals surface area contributed by atoms with Crippen molar-refractivity contribution in [1.29, 1.82) is 0 Å². The summed E-state index contributed by atoms with van der Waals surface area (Å²) in [6.45, 7) is 4.07. The van der Waals surface area contributed by atoms with Crippen molar-refractivity contribution in [2.24, 2.45) is 16.6 Å². The predicted molar refractivity (Wildman–Crippen MR) is 78.4 cm³/mol. The Balaban J connectivity index is 2.03. The monoisotopic (exact) mass is 273 g/mol. The van der Waals surface area contributed by atoms with Gasteiger partial charge in [-0.3, -0.25) is 10.1 Å². The van der Waals surface area contributed by atoms with Crippen LogP contribution < -0.4 is 11.1 Å². The van der Waals surface area contributed by atoms with Crippen molar-refractivity contribution in [2.45, 2.75) is 19.2 Å². The highest BCUT2D eigenvalue weighted by molar-refractivity contribution is 8.09. The fraction of sp³-hybridized carbons (Fsp3) is 0.286. The highest BCUT2D eigenvalue weighted by Gasteiger charge is 2.41. The smallest absolute Gasteiger partial charge is 0.236 e. The summed E-state index contributed by atoms with van der Waals surface area (Å²) >= 11 is 1.62. The maximum absolute atomic E-state index is 12.0. The highest BCUT2D eigenvalue weighted by atomic mass is 32.2. The van der Waals surface area contributed by atoms with Gasteiger partial charge in [0.15, 0.2) is 5.96 Å². The molecule has 2 unspecified atom stereocenters. The molecule has 1 aromatic rings. The summed E-state index contributed by atoms with van der Waals surface area (Å²) in [5, 5.41) is 2.48. The van der Waals surface area contributed by atoms with Gasteiger partial charge in [-0.1, -0.05) is 41.6 Å². The lowest BCUT2D eigenvalue weighted by atomic mass is 9.96. The number of hydrogen-bond donors (Lipinski definition) is 2. The van der Waals surface area contributed by atoms with Crippen molar-refractivity contribution in [3.05, 3.63) is 41.0 Å². The number of carbonyl (C=O) groups excluding carboxylic acids is 1. The Bertz CT molecular complexity index is 621. The van der Waals surface area contributed by atoms with Crippen LogP contribution in [0.4, 0.5) is 0 Å². The van der Waals surface area contributed by atoms with E-state index >= 15 is 0 Å². The average Bonchev–Trinajstić information content (AvgIpc) is 2.66. The van der Waals surface area contributed by atoms with Crippen molar-refractivity contribution in [3.8, 4) is 0 Å². The Morgan fingerprint density at radius 1 is 1.37 bits per heavy atom. The van der Waals surface area contributed by atoms with Crippen LogP contribution in [0.25, 0.3) is 4.91 Å². The fourth-order valence-electron chi connectivity index (χ4n) is 2.52. The third-order valence-corrected chi connectivity index (χ3v) is 4.84. The van der Waals surface area contributed by atoms with Crippen molar-refractivity contribution in [2.75, 3.05) is 0 Å². The van der Waals surface area contributed by atoms with Gasteiger partial charge in [0.05, 0.1) is 5.92 Å². The summed E-state index contributed by atoms with van der Waals surface area (Å²) in [5.41, 5.74) is 9.06. The average molecular weight is 273 g/mol. The minimum Gasteiger partial charge on any atom is -0.370 e. The van der Waals surface area contributed by atoms with Crippen LogP contribution in [0.15, 0.2) is 34.8 Å². The molecule has 0 aromatic heterocycles. The van der Waals surface area contributed by atoms with Crippen LogP contribution in [0.1, 0.15) is 18.1 Å². The molecular weight excluding hydrogens is 258 g/mol. The molecule has 0 bridgehead atoms. The number of nitrogens with zero attached hydrogens (tertiary/aromatic N) is 1. The number of aryl methyl sites for hydroxylation is 1. The molecule has 98 valence electrons. The number of fused-ring (bicyclic) bond motifs is 1. The SMILES string of the molecule is CC1=C(c2cccc(C)c2)SC2N=C(N)NC(=O)C12. The van der Waals surface area contributed by atoms with E-state index < -0.39 is 0 Å². The molecule has 0 aliphatic carbocycles. The van der Waals surface area contributed by atoms with Crippen LogP contribution >= 0.6 is 11.8 Å². The van der Waals surface area contributed by atoms with E-state index in [0.29, 0.717) is 0 Å². The summed E-state index contributed by atoms with van der Waals surface area (Å²) in [5.74, 6) is -0.0324. The van der Waals surface area contributed by atoms with Crippen LogP contribution in [0.2, 0.25) is 0 Å². The van der Waals surface area contributed by atoms with Crippen LogP contribution in [0.3, 0.4) is 0 Å². The molecule has 0 saturated carbocycles. The third-order valence-electron chi connectivity index (χ3n) is 3.43. The number of amides is 1. The first kappa shape index (κ1) is 12.3. The lowest BCUT2D eigenvalue weighted by molar-refractivity contribution is -0.122. The number of guanidine groups is 1. The number of nitrogens with one attached hydrogen (secondary N) is 1. The van der Waals surface area contributed by atoms with Gasteiger partial charge >= 0.3 is 0 Å². The van der Waals surface area contributed by atoms with Gasteiger partial charge in [-0.25, -0.2) is 4.99 Å². The number of rotatable bonds is 1. The van der Waals surface area contributed by atoms with Crippen LogP contribution in [-0.2, 0) is 4.79 Å². The van der Waals surface area contributed by atoms with Crippen LogP contribution in [0.5, 0.6) is 0 Å². The second-order valence-corrected chi connectivity index (χ2v) is 6.00. The third kappa shape index (κ3) is 2.04. The van der Waals surface area contributed by atoms with Crippen molar-refractivity contribution in [3.63, 3.8) is 0 Å². The van der Waals surface area contributed by atoms with E-state index in [9.17, 15) is 4.79 Å².